The summed E-state index contributed by atoms with van der Waals surface area (Å²) in [6, 6.07) is 0.421. The van der Waals surface area contributed by atoms with E-state index in [-0.39, 0.29) is 0 Å². The lowest BCUT2D eigenvalue weighted by Gasteiger charge is -2.30. The lowest BCUT2D eigenvalue weighted by molar-refractivity contribution is 0.236. The maximum atomic E-state index is 5.88. The zero-order valence-electron chi connectivity index (χ0n) is 7.84. The smallest absolute Gasteiger partial charge is 0.00388 e. The van der Waals surface area contributed by atoms with E-state index in [1.165, 1.54) is 32.1 Å². The molecule has 0 aromatic carbocycles. The summed E-state index contributed by atoms with van der Waals surface area (Å²) in [4.78, 5) is 0. The summed E-state index contributed by atoms with van der Waals surface area (Å²) in [6.07, 6.45) is 6.95. The second-order valence-electron chi connectivity index (χ2n) is 4.06. The Morgan fingerprint density at radius 3 is 2.73 bits per heavy atom. The molecule has 0 aromatic heterocycles. The minimum atomic E-state index is 0.421. The van der Waals surface area contributed by atoms with Gasteiger partial charge in [-0.05, 0) is 31.6 Å². The molecule has 3 atom stereocenters. The molecule has 0 aromatic rings. The van der Waals surface area contributed by atoms with Gasteiger partial charge < -0.3 is 5.73 Å². The fourth-order valence-corrected chi connectivity index (χ4v) is 2.18. The summed E-state index contributed by atoms with van der Waals surface area (Å²) in [5.74, 6) is 1.79. The van der Waals surface area contributed by atoms with Crippen molar-refractivity contribution in [2.24, 2.45) is 17.6 Å². The molecule has 2 unspecified atom stereocenters. The third kappa shape index (κ3) is 2.48. The monoisotopic (exact) mass is 155 g/mol. The van der Waals surface area contributed by atoms with Gasteiger partial charge >= 0.3 is 0 Å². The van der Waals surface area contributed by atoms with Crippen molar-refractivity contribution in [3.63, 3.8) is 0 Å². The Labute approximate surface area is 70.4 Å². The van der Waals surface area contributed by atoms with Gasteiger partial charge in [0.25, 0.3) is 0 Å². The van der Waals surface area contributed by atoms with Crippen molar-refractivity contribution in [3.8, 4) is 0 Å². The summed E-state index contributed by atoms with van der Waals surface area (Å²) in [5.41, 5.74) is 5.88. The number of hydrogen-bond acceptors (Lipinski definition) is 1. The van der Waals surface area contributed by atoms with Crippen LogP contribution in [0.4, 0.5) is 0 Å². The molecule has 11 heavy (non-hydrogen) atoms. The van der Waals surface area contributed by atoms with Gasteiger partial charge in [-0.15, -0.1) is 0 Å². The molecular weight excluding hydrogens is 134 g/mol. The van der Waals surface area contributed by atoms with Gasteiger partial charge in [-0.1, -0.05) is 26.2 Å². The highest BCUT2D eigenvalue weighted by Gasteiger charge is 2.22. The first-order valence-corrected chi connectivity index (χ1v) is 4.99. The van der Waals surface area contributed by atoms with Crippen molar-refractivity contribution >= 4 is 0 Å². The molecule has 0 aliphatic heterocycles. The number of rotatable bonds is 2. The normalized spacial score (nSPS) is 35.2. The van der Waals surface area contributed by atoms with E-state index in [4.69, 9.17) is 5.73 Å². The zero-order valence-corrected chi connectivity index (χ0v) is 7.84. The van der Waals surface area contributed by atoms with Crippen LogP contribution in [-0.4, -0.2) is 6.04 Å². The predicted octanol–water partition coefficient (Wildman–Crippen LogP) is 2.55. The molecule has 0 radical (unpaired) electrons. The Kier molecular flexibility index (Phi) is 3.38. The quantitative estimate of drug-likeness (QED) is 0.651. The van der Waals surface area contributed by atoms with Crippen LogP contribution >= 0.6 is 0 Å². The summed E-state index contributed by atoms with van der Waals surface area (Å²) < 4.78 is 0. The van der Waals surface area contributed by atoms with Crippen molar-refractivity contribution in [1.82, 2.24) is 0 Å². The minimum absolute atomic E-state index is 0.421. The molecule has 0 saturated heterocycles. The molecular formula is C10H21N. The van der Waals surface area contributed by atoms with Crippen LogP contribution in [0.3, 0.4) is 0 Å². The average molecular weight is 155 g/mol. The second-order valence-corrected chi connectivity index (χ2v) is 4.06. The number of nitrogens with two attached hydrogens (primary N) is 1. The zero-order chi connectivity index (χ0) is 8.27. The van der Waals surface area contributed by atoms with Gasteiger partial charge in [0.1, 0.15) is 0 Å². The third-order valence-electron chi connectivity index (χ3n) is 3.14. The van der Waals surface area contributed by atoms with Crippen molar-refractivity contribution in [2.75, 3.05) is 0 Å². The average Bonchev–Trinajstić information content (AvgIpc) is 2.05. The van der Waals surface area contributed by atoms with Crippen molar-refractivity contribution in [1.29, 1.82) is 0 Å². The second kappa shape index (κ2) is 4.10. The largest absolute Gasteiger partial charge is 0.328 e. The van der Waals surface area contributed by atoms with Crippen LogP contribution in [0.1, 0.15) is 46.0 Å². The van der Waals surface area contributed by atoms with Gasteiger partial charge in [0, 0.05) is 6.04 Å². The van der Waals surface area contributed by atoms with E-state index in [1.54, 1.807) is 0 Å². The van der Waals surface area contributed by atoms with Gasteiger partial charge in [0.2, 0.25) is 0 Å². The Morgan fingerprint density at radius 2 is 2.18 bits per heavy atom. The fraction of sp³-hybridized carbons (Fsp3) is 1.00. The van der Waals surface area contributed by atoms with Crippen LogP contribution in [0.2, 0.25) is 0 Å². The van der Waals surface area contributed by atoms with Crippen molar-refractivity contribution in [2.45, 2.75) is 52.0 Å². The van der Waals surface area contributed by atoms with E-state index in [0.717, 1.165) is 11.8 Å². The molecule has 0 bridgehead atoms. The first kappa shape index (κ1) is 9.05. The van der Waals surface area contributed by atoms with E-state index < -0.39 is 0 Å². The van der Waals surface area contributed by atoms with Crippen LogP contribution in [0.5, 0.6) is 0 Å². The van der Waals surface area contributed by atoms with Gasteiger partial charge in [-0.25, -0.2) is 0 Å². The molecule has 66 valence electrons. The molecule has 0 amide bonds. The van der Waals surface area contributed by atoms with E-state index in [0.29, 0.717) is 6.04 Å². The SMILES string of the molecule is CCC1CCCC([C@H](C)N)C1. The topological polar surface area (TPSA) is 26.0 Å². The Bertz CT molecular complexity index is 109. The van der Waals surface area contributed by atoms with Crippen molar-refractivity contribution < 1.29 is 0 Å². The van der Waals surface area contributed by atoms with E-state index in [9.17, 15) is 0 Å². The molecule has 1 heteroatoms. The fourth-order valence-electron chi connectivity index (χ4n) is 2.18. The lowest BCUT2D eigenvalue weighted by Crippen LogP contribution is -2.30. The predicted molar refractivity (Wildman–Crippen MR) is 49.4 cm³/mol. The lowest BCUT2D eigenvalue weighted by atomic mass is 9.77. The molecule has 1 nitrogen and oxygen atoms in total. The highest BCUT2D eigenvalue weighted by Crippen LogP contribution is 2.31. The van der Waals surface area contributed by atoms with E-state index in [1.807, 2.05) is 0 Å². The van der Waals surface area contributed by atoms with E-state index >= 15 is 0 Å². The van der Waals surface area contributed by atoms with Crippen molar-refractivity contribution in [3.05, 3.63) is 0 Å². The highest BCUT2D eigenvalue weighted by molar-refractivity contribution is 4.77. The number of hydrogen-bond donors (Lipinski definition) is 1. The Morgan fingerprint density at radius 1 is 1.45 bits per heavy atom. The van der Waals surface area contributed by atoms with E-state index in [2.05, 4.69) is 13.8 Å². The highest BCUT2D eigenvalue weighted by atomic mass is 14.6. The minimum Gasteiger partial charge on any atom is -0.328 e. The summed E-state index contributed by atoms with van der Waals surface area (Å²) in [7, 11) is 0. The van der Waals surface area contributed by atoms with Gasteiger partial charge in [-0.2, -0.15) is 0 Å². The molecule has 1 fully saturated rings. The third-order valence-corrected chi connectivity index (χ3v) is 3.14. The van der Waals surface area contributed by atoms with Crippen LogP contribution in [-0.2, 0) is 0 Å². The van der Waals surface area contributed by atoms with Gasteiger partial charge in [-0.3, -0.25) is 0 Å². The molecule has 1 aliphatic carbocycles. The summed E-state index contributed by atoms with van der Waals surface area (Å²) in [6.45, 7) is 4.46. The Hall–Kier alpha value is -0.0400. The molecule has 0 spiro atoms. The molecule has 1 saturated carbocycles. The van der Waals surface area contributed by atoms with Gasteiger partial charge in [0.15, 0.2) is 0 Å². The molecule has 1 aliphatic rings. The Balaban J connectivity index is 2.33. The molecule has 2 N–H and O–H groups in total. The maximum Gasteiger partial charge on any atom is 0.00388 e. The first-order chi connectivity index (χ1) is 5.24. The first-order valence-electron chi connectivity index (χ1n) is 4.99. The van der Waals surface area contributed by atoms with Crippen LogP contribution < -0.4 is 5.73 Å². The molecule has 1 rings (SSSR count). The standard InChI is InChI=1S/C10H21N/c1-3-9-5-4-6-10(7-9)8(2)11/h8-10H,3-7,11H2,1-2H3/t8-,9?,10?/m0/s1. The maximum absolute atomic E-state index is 5.88. The summed E-state index contributed by atoms with van der Waals surface area (Å²) >= 11 is 0. The van der Waals surface area contributed by atoms with Gasteiger partial charge in [0.05, 0.1) is 0 Å². The van der Waals surface area contributed by atoms with Crippen LogP contribution in [0.25, 0.3) is 0 Å². The van der Waals surface area contributed by atoms with Crippen LogP contribution in [0, 0.1) is 11.8 Å². The summed E-state index contributed by atoms with van der Waals surface area (Å²) in [5, 5.41) is 0. The molecule has 0 heterocycles. The van der Waals surface area contributed by atoms with Crippen LogP contribution in [0.15, 0.2) is 0 Å².